The molecule has 0 N–H and O–H groups in total. The molecule has 0 unspecified atom stereocenters. The minimum Gasteiger partial charge on any atom is -0.497 e. The van der Waals surface area contributed by atoms with Gasteiger partial charge in [0.15, 0.2) is 0 Å². The third-order valence-electron chi connectivity index (χ3n) is 3.20. The van der Waals surface area contributed by atoms with Gasteiger partial charge in [0.1, 0.15) is 17.1 Å². The molecule has 0 spiro atoms. The first-order valence-corrected chi connectivity index (χ1v) is 5.92. The Morgan fingerprint density at radius 2 is 1.67 bits per heavy atom. The molecular formula is C16H14O2. The number of ether oxygens (including phenoxy) is 1. The molecule has 0 saturated heterocycles. The summed E-state index contributed by atoms with van der Waals surface area (Å²) in [5.74, 6) is 1.78. The van der Waals surface area contributed by atoms with E-state index in [2.05, 4.69) is 13.0 Å². The van der Waals surface area contributed by atoms with E-state index in [1.807, 2.05) is 42.5 Å². The van der Waals surface area contributed by atoms with Crippen molar-refractivity contribution in [1.29, 1.82) is 0 Å². The Morgan fingerprint density at radius 3 is 2.33 bits per heavy atom. The number of methoxy groups -OCH3 is 1. The number of para-hydroxylation sites is 1. The van der Waals surface area contributed by atoms with Crippen LogP contribution in [0.5, 0.6) is 5.75 Å². The van der Waals surface area contributed by atoms with Crippen LogP contribution in [0, 0.1) is 6.92 Å². The lowest BCUT2D eigenvalue weighted by Gasteiger charge is -2.01. The summed E-state index contributed by atoms with van der Waals surface area (Å²) in [5.41, 5.74) is 3.18. The number of hydrogen-bond donors (Lipinski definition) is 0. The van der Waals surface area contributed by atoms with Gasteiger partial charge in [0, 0.05) is 16.5 Å². The molecule has 0 saturated carbocycles. The minimum atomic E-state index is 0.854. The second-order valence-electron chi connectivity index (χ2n) is 4.28. The topological polar surface area (TPSA) is 22.4 Å². The second-order valence-corrected chi connectivity index (χ2v) is 4.28. The molecule has 3 aromatic rings. The molecule has 3 rings (SSSR count). The normalized spacial score (nSPS) is 10.8. The van der Waals surface area contributed by atoms with Crippen LogP contribution in [0.15, 0.2) is 52.9 Å². The molecule has 0 aliphatic rings. The summed E-state index contributed by atoms with van der Waals surface area (Å²) in [6.45, 7) is 2.09. The summed E-state index contributed by atoms with van der Waals surface area (Å²) in [6, 6.07) is 16.0. The van der Waals surface area contributed by atoms with Gasteiger partial charge in [-0.25, -0.2) is 0 Å². The standard InChI is InChI=1S/C16H14O2/c1-11-14-5-3-4-6-15(14)18-16(11)12-7-9-13(17-2)10-8-12/h3-10H,1-2H3. The van der Waals surface area contributed by atoms with Crippen molar-refractivity contribution in [1.82, 2.24) is 0 Å². The highest BCUT2D eigenvalue weighted by Crippen LogP contribution is 2.33. The Balaban J connectivity index is 2.15. The Morgan fingerprint density at radius 1 is 0.944 bits per heavy atom. The van der Waals surface area contributed by atoms with Gasteiger partial charge in [-0.15, -0.1) is 0 Å². The Kier molecular flexibility index (Phi) is 2.56. The second kappa shape index (κ2) is 4.22. The molecule has 2 heteroatoms. The average Bonchev–Trinajstić information content (AvgIpc) is 2.77. The molecule has 2 nitrogen and oxygen atoms in total. The number of furan rings is 1. The van der Waals surface area contributed by atoms with E-state index in [9.17, 15) is 0 Å². The van der Waals surface area contributed by atoms with Crippen LogP contribution >= 0.6 is 0 Å². The largest absolute Gasteiger partial charge is 0.497 e. The first-order valence-electron chi connectivity index (χ1n) is 5.92. The monoisotopic (exact) mass is 238 g/mol. The van der Waals surface area contributed by atoms with Gasteiger partial charge in [0.2, 0.25) is 0 Å². The van der Waals surface area contributed by atoms with Crippen LogP contribution in [0.25, 0.3) is 22.3 Å². The van der Waals surface area contributed by atoms with E-state index in [0.29, 0.717) is 0 Å². The van der Waals surface area contributed by atoms with Crippen molar-refractivity contribution < 1.29 is 9.15 Å². The minimum absolute atomic E-state index is 0.854. The molecule has 0 amide bonds. The number of benzene rings is 2. The van der Waals surface area contributed by atoms with Crippen LogP contribution in [0.3, 0.4) is 0 Å². The van der Waals surface area contributed by atoms with Crippen LogP contribution in [-0.2, 0) is 0 Å². The lowest BCUT2D eigenvalue weighted by atomic mass is 10.1. The predicted octanol–water partition coefficient (Wildman–Crippen LogP) is 4.42. The molecule has 0 fully saturated rings. The molecular weight excluding hydrogens is 224 g/mol. The zero-order valence-corrected chi connectivity index (χ0v) is 10.4. The number of aryl methyl sites for hydroxylation is 1. The highest BCUT2D eigenvalue weighted by atomic mass is 16.5. The number of fused-ring (bicyclic) bond motifs is 1. The van der Waals surface area contributed by atoms with Gasteiger partial charge in [-0.1, -0.05) is 18.2 Å². The van der Waals surface area contributed by atoms with Gasteiger partial charge >= 0.3 is 0 Å². The molecule has 90 valence electrons. The lowest BCUT2D eigenvalue weighted by Crippen LogP contribution is -1.82. The van der Waals surface area contributed by atoms with Gasteiger partial charge in [0.05, 0.1) is 7.11 Å². The van der Waals surface area contributed by atoms with Gasteiger partial charge in [0.25, 0.3) is 0 Å². The van der Waals surface area contributed by atoms with Crippen LogP contribution in [0.4, 0.5) is 0 Å². The van der Waals surface area contributed by atoms with Crippen LogP contribution in [-0.4, -0.2) is 7.11 Å². The predicted molar refractivity (Wildman–Crippen MR) is 72.9 cm³/mol. The van der Waals surface area contributed by atoms with Crippen molar-refractivity contribution in [3.63, 3.8) is 0 Å². The lowest BCUT2D eigenvalue weighted by molar-refractivity contribution is 0.415. The maximum Gasteiger partial charge on any atom is 0.138 e. The Bertz CT molecular complexity index is 678. The van der Waals surface area contributed by atoms with Crippen molar-refractivity contribution in [2.24, 2.45) is 0 Å². The molecule has 2 aromatic carbocycles. The Hall–Kier alpha value is -2.22. The fraction of sp³-hybridized carbons (Fsp3) is 0.125. The summed E-state index contributed by atoms with van der Waals surface area (Å²) in [7, 11) is 1.67. The molecule has 0 aliphatic carbocycles. The fourth-order valence-corrected chi connectivity index (χ4v) is 2.19. The molecule has 0 bridgehead atoms. The first-order chi connectivity index (χ1) is 8.79. The molecule has 18 heavy (non-hydrogen) atoms. The SMILES string of the molecule is COc1ccc(-c2oc3ccccc3c2C)cc1. The zero-order chi connectivity index (χ0) is 12.5. The maximum atomic E-state index is 5.92. The molecule has 0 radical (unpaired) electrons. The highest BCUT2D eigenvalue weighted by Gasteiger charge is 2.11. The summed E-state index contributed by atoms with van der Waals surface area (Å²) in [6.07, 6.45) is 0. The van der Waals surface area contributed by atoms with Crippen molar-refractivity contribution in [2.45, 2.75) is 6.92 Å². The van der Waals surface area contributed by atoms with E-state index < -0.39 is 0 Å². The molecule has 0 atom stereocenters. The van der Waals surface area contributed by atoms with Crippen LogP contribution < -0.4 is 4.74 Å². The van der Waals surface area contributed by atoms with Gasteiger partial charge in [-0.3, -0.25) is 0 Å². The summed E-state index contributed by atoms with van der Waals surface area (Å²) in [5, 5.41) is 1.17. The van der Waals surface area contributed by atoms with Crippen molar-refractivity contribution in [3.05, 3.63) is 54.1 Å². The van der Waals surface area contributed by atoms with Crippen molar-refractivity contribution in [2.75, 3.05) is 7.11 Å². The van der Waals surface area contributed by atoms with Gasteiger partial charge in [-0.05, 0) is 37.3 Å². The Labute approximate surface area is 106 Å². The number of hydrogen-bond acceptors (Lipinski definition) is 2. The van der Waals surface area contributed by atoms with E-state index in [1.165, 1.54) is 10.9 Å². The summed E-state index contributed by atoms with van der Waals surface area (Å²) < 4.78 is 11.1. The van der Waals surface area contributed by atoms with E-state index in [0.717, 1.165) is 22.7 Å². The third-order valence-corrected chi connectivity index (χ3v) is 3.20. The van der Waals surface area contributed by atoms with E-state index in [4.69, 9.17) is 9.15 Å². The third kappa shape index (κ3) is 1.66. The quantitative estimate of drug-likeness (QED) is 0.659. The molecule has 0 aliphatic heterocycles. The average molecular weight is 238 g/mol. The molecule has 1 heterocycles. The summed E-state index contributed by atoms with van der Waals surface area (Å²) in [4.78, 5) is 0. The highest BCUT2D eigenvalue weighted by molar-refractivity contribution is 5.87. The maximum absolute atomic E-state index is 5.92. The van der Waals surface area contributed by atoms with E-state index in [-0.39, 0.29) is 0 Å². The van der Waals surface area contributed by atoms with Crippen LogP contribution in [0.1, 0.15) is 5.56 Å². The smallest absolute Gasteiger partial charge is 0.138 e. The molecule has 1 aromatic heterocycles. The van der Waals surface area contributed by atoms with Crippen molar-refractivity contribution in [3.8, 4) is 17.1 Å². The van der Waals surface area contributed by atoms with Crippen molar-refractivity contribution >= 4 is 11.0 Å². The number of rotatable bonds is 2. The fourth-order valence-electron chi connectivity index (χ4n) is 2.19. The first kappa shape index (κ1) is 10.9. The summed E-state index contributed by atoms with van der Waals surface area (Å²) >= 11 is 0. The van der Waals surface area contributed by atoms with Gasteiger partial charge < -0.3 is 9.15 Å². The van der Waals surface area contributed by atoms with E-state index >= 15 is 0 Å². The van der Waals surface area contributed by atoms with Crippen LogP contribution in [0.2, 0.25) is 0 Å². The van der Waals surface area contributed by atoms with Gasteiger partial charge in [-0.2, -0.15) is 0 Å². The zero-order valence-electron chi connectivity index (χ0n) is 10.4. The van der Waals surface area contributed by atoms with E-state index in [1.54, 1.807) is 7.11 Å².